The lowest BCUT2D eigenvalue weighted by molar-refractivity contribution is 0.0690. The number of carbonyl (C=O) groups is 2. The van der Waals surface area contributed by atoms with Crippen LogP contribution in [0.3, 0.4) is 0 Å². The summed E-state index contributed by atoms with van der Waals surface area (Å²) in [6.07, 6.45) is 6.17. The third-order valence-electron chi connectivity index (χ3n) is 3.93. The molecule has 2 amide bonds. The van der Waals surface area contributed by atoms with Crippen molar-refractivity contribution in [1.29, 1.82) is 0 Å². The van der Waals surface area contributed by atoms with E-state index in [9.17, 15) is 9.59 Å². The molecule has 2 unspecified atom stereocenters. The average Bonchev–Trinajstić information content (AvgIpc) is 2.87. The van der Waals surface area contributed by atoms with E-state index in [-0.39, 0.29) is 23.8 Å². The molecule has 1 aromatic rings. The standard InChI is InChI=1S/C14H22N4O3/c1-10-4-3-5-11(2)18(10)14(21)15-6-7-17-8-12(13(19)20)16-9-17/h8-11H,3-7H2,1-2H3,(H,15,21)(H,19,20). The van der Waals surface area contributed by atoms with Gasteiger partial charge in [-0.3, -0.25) is 0 Å². The van der Waals surface area contributed by atoms with E-state index in [4.69, 9.17) is 5.11 Å². The second-order valence-corrected chi connectivity index (χ2v) is 5.57. The second-order valence-electron chi connectivity index (χ2n) is 5.57. The van der Waals surface area contributed by atoms with Crippen molar-refractivity contribution in [3.05, 3.63) is 18.2 Å². The van der Waals surface area contributed by atoms with E-state index >= 15 is 0 Å². The minimum absolute atomic E-state index is 0.0135. The molecule has 1 aliphatic heterocycles. The lowest BCUT2D eigenvalue weighted by Gasteiger charge is -2.38. The van der Waals surface area contributed by atoms with Gasteiger partial charge in [0.2, 0.25) is 0 Å². The maximum Gasteiger partial charge on any atom is 0.356 e. The van der Waals surface area contributed by atoms with Gasteiger partial charge in [0.25, 0.3) is 0 Å². The van der Waals surface area contributed by atoms with Crippen LogP contribution in [0.4, 0.5) is 4.79 Å². The normalized spacial score (nSPS) is 22.1. The van der Waals surface area contributed by atoms with Gasteiger partial charge in [-0.25, -0.2) is 14.6 Å². The molecule has 2 atom stereocenters. The molecule has 21 heavy (non-hydrogen) atoms. The molecule has 0 radical (unpaired) electrons. The fourth-order valence-corrected chi connectivity index (χ4v) is 2.80. The van der Waals surface area contributed by atoms with Crippen molar-refractivity contribution in [2.75, 3.05) is 6.54 Å². The molecule has 0 saturated carbocycles. The Balaban J connectivity index is 1.82. The maximum atomic E-state index is 12.2. The van der Waals surface area contributed by atoms with Crippen LogP contribution < -0.4 is 5.32 Å². The number of urea groups is 1. The van der Waals surface area contributed by atoms with E-state index in [0.29, 0.717) is 13.1 Å². The predicted molar refractivity (Wildman–Crippen MR) is 77.2 cm³/mol. The summed E-state index contributed by atoms with van der Waals surface area (Å²) < 4.78 is 1.66. The zero-order chi connectivity index (χ0) is 15.4. The number of nitrogens with one attached hydrogen (secondary N) is 1. The van der Waals surface area contributed by atoms with Crippen molar-refractivity contribution in [1.82, 2.24) is 19.8 Å². The van der Waals surface area contributed by atoms with Crippen molar-refractivity contribution in [3.63, 3.8) is 0 Å². The zero-order valence-corrected chi connectivity index (χ0v) is 12.5. The predicted octanol–water partition coefficient (Wildman–Crippen LogP) is 1.55. The molecule has 7 nitrogen and oxygen atoms in total. The monoisotopic (exact) mass is 294 g/mol. The summed E-state index contributed by atoms with van der Waals surface area (Å²) in [5.74, 6) is -1.05. The topological polar surface area (TPSA) is 87.5 Å². The lowest BCUT2D eigenvalue weighted by atomic mass is 9.98. The van der Waals surface area contributed by atoms with Crippen molar-refractivity contribution in [2.24, 2.45) is 0 Å². The van der Waals surface area contributed by atoms with Crippen LogP contribution in [0, 0.1) is 0 Å². The molecule has 0 aromatic carbocycles. The molecule has 1 aliphatic rings. The van der Waals surface area contributed by atoms with Crippen molar-refractivity contribution < 1.29 is 14.7 Å². The third-order valence-corrected chi connectivity index (χ3v) is 3.93. The van der Waals surface area contributed by atoms with E-state index in [1.54, 1.807) is 4.57 Å². The van der Waals surface area contributed by atoms with Gasteiger partial charge >= 0.3 is 12.0 Å². The molecule has 2 rings (SSSR count). The Morgan fingerprint density at radius 3 is 2.62 bits per heavy atom. The fraction of sp³-hybridized carbons (Fsp3) is 0.643. The molecular weight excluding hydrogens is 272 g/mol. The number of aromatic nitrogens is 2. The maximum absolute atomic E-state index is 12.2. The first-order valence-corrected chi connectivity index (χ1v) is 7.30. The number of imidazole rings is 1. The molecule has 116 valence electrons. The Morgan fingerprint density at radius 2 is 2.05 bits per heavy atom. The smallest absolute Gasteiger partial charge is 0.356 e. The lowest BCUT2D eigenvalue weighted by Crippen LogP contribution is -2.52. The van der Waals surface area contributed by atoms with Gasteiger partial charge in [-0.05, 0) is 33.1 Å². The Bertz CT molecular complexity index is 504. The zero-order valence-electron chi connectivity index (χ0n) is 12.5. The van der Waals surface area contributed by atoms with Crippen molar-refractivity contribution in [3.8, 4) is 0 Å². The molecule has 2 heterocycles. The third kappa shape index (κ3) is 3.74. The van der Waals surface area contributed by atoms with Crippen molar-refractivity contribution in [2.45, 2.75) is 51.7 Å². The van der Waals surface area contributed by atoms with Gasteiger partial charge in [-0.1, -0.05) is 0 Å². The summed E-state index contributed by atoms with van der Waals surface area (Å²) in [7, 11) is 0. The molecule has 1 fully saturated rings. The summed E-state index contributed by atoms with van der Waals surface area (Å²) in [6.45, 7) is 5.10. The number of carboxylic acid groups (broad SMARTS) is 1. The average molecular weight is 294 g/mol. The van der Waals surface area contributed by atoms with Gasteiger partial charge in [0.15, 0.2) is 5.69 Å². The van der Waals surface area contributed by atoms with Crippen LogP contribution in [-0.2, 0) is 6.54 Å². The van der Waals surface area contributed by atoms with Gasteiger partial charge in [0.1, 0.15) is 0 Å². The molecule has 0 spiro atoms. The molecule has 2 N–H and O–H groups in total. The van der Waals surface area contributed by atoms with Gasteiger partial charge in [-0.2, -0.15) is 0 Å². The molecule has 1 aromatic heterocycles. The number of aromatic carboxylic acids is 1. The SMILES string of the molecule is CC1CCCC(C)N1C(=O)NCCn1cnc(C(=O)O)c1. The van der Waals surface area contributed by atoms with Crippen LogP contribution >= 0.6 is 0 Å². The summed E-state index contributed by atoms with van der Waals surface area (Å²) in [5.41, 5.74) is 0.0135. The van der Waals surface area contributed by atoms with Crippen LogP contribution in [0.1, 0.15) is 43.6 Å². The first-order chi connectivity index (χ1) is 9.99. The largest absolute Gasteiger partial charge is 0.476 e. The Morgan fingerprint density at radius 1 is 1.38 bits per heavy atom. The summed E-state index contributed by atoms with van der Waals surface area (Å²) in [6, 6.07) is 0.481. The number of likely N-dealkylation sites (tertiary alicyclic amines) is 1. The number of rotatable bonds is 4. The minimum Gasteiger partial charge on any atom is -0.476 e. The Kier molecular flexibility index (Phi) is 4.82. The number of hydrogen-bond acceptors (Lipinski definition) is 3. The molecule has 0 bridgehead atoms. The van der Waals surface area contributed by atoms with E-state index in [1.165, 1.54) is 18.9 Å². The van der Waals surface area contributed by atoms with Gasteiger partial charge in [0, 0.05) is 31.4 Å². The quantitative estimate of drug-likeness (QED) is 0.882. The van der Waals surface area contributed by atoms with Gasteiger partial charge < -0.3 is 19.9 Å². The highest BCUT2D eigenvalue weighted by Crippen LogP contribution is 2.22. The van der Waals surface area contributed by atoms with E-state index in [2.05, 4.69) is 24.1 Å². The number of nitrogens with zero attached hydrogens (tertiary/aromatic N) is 3. The van der Waals surface area contributed by atoms with E-state index in [1.807, 2.05) is 4.90 Å². The summed E-state index contributed by atoms with van der Waals surface area (Å²) in [5, 5.41) is 11.7. The van der Waals surface area contributed by atoms with Crippen LogP contribution in [-0.4, -0.2) is 50.2 Å². The van der Waals surface area contributed by atoms with Crippen LogP contribution in [0.25, 0.3) is 0 Å². The van der Waals surface area contributed by atoms with Crippen LogP contribution in [0.15, 0.2) is 12.5 Å². The number of piperidine rings is 1. The highest BCUT2D eigenvalue weighted by Gasteiger charge is 2.28. The van der Waals surface area contributed by atoms with Gasteiger partial charge in [0.05, 0.1) is 6.33 Å². The fourth-order valence-electron chi connectivity index (χ4n) is 2.80. The summed E-state index contributed by atoms with van der Waals surface area (Å²) in [4.78, 5) is 28.6. The number of carbonyl (C=O) groups excluding carboxylic acids is 1. The number of hydrogen-bond donors (Lipinski definition) is 2. The number of amides is 2. The molecule has 0 aliphatic carbocycles. The van der Waals surface area contributed by atoms with E-state index in [0.717, 1.165) is 12.8 Å². The molecular formula is C14H22N4O3. The molecule has 1 saturated heterocycles. The van der Waals surface area contributed by atoms with Crippen molar-refractivity contribution >= 4 is 12.0 Å². The number of carboxylic acids is 1. The minimum atomic E-state index is -1.05. The second kappa shape index (κ2) is 6.60. The van der Waals surface area contributed by atoms with Crippen LogP contribution in [0.2, 0.25) is 0 Å². The first-order valence-electron chi connectivity index (χ1n) is 7.30. The highest BCUT2D eigenvalue weighted by atomic mass is 16.4. The van der Waals surface area contributed by atoms with Crippen LogP contribution in [0.5, 0.6) is 0 Å². The molecule has 7 heteroatoms. The summed E-state index contributed by atoms with van der Waals surface area (Å²) >= 11 is 0. The Labute approximate surface area is 124 Å². The first kappa shape index (κ1) is 15.3. The van der Waals surface area contributed by atoms with Gasteiger partial charge in [-0.15, -0.1) is 0 Å². The Hall–Kier alpha value is -2.05. The van der Waals surface area contributed by atoms with E-state index < -0.39 is 5.97 Å². The highest BCUT2D eigenvalue weighted by molar-refractivity contribution is 5.84.